The number of carbonyl (C=O) groups is 1. The van der Waals surface area contributed by atoms with Crippen molar-refractivity contribution in [3.63, 3.8) is 0 Å². The van der Waals surface area contributed by atoms with E-state index in [0.717, 1.165) is 5.56 Å². The Hall–Kier alpha value is -1.39. The quantitative estimate of drug-likeness (QED) is 0.845. The highest BCUT2D eigenvalue weighted by molar-refractivity contribution is 5.75. The number of rotatable bonds is 5. The van der Waals surface area contributed by atoms with Gasteiger partial charge >= 0.3 is 5.97 Å². The van der Waals surface area contributed by atoms with Gasteiger partial charge in [-0.25, -0.2) is 0 Å². The molecular formula is C13H16O4. The van der Waals surface area contributed by atoms with Gasteiger partial charge in [0.15, 0.2) is 0 Å². The Labute approximate surface area is 100 Å². The molecule has 1 fully saturated rings. The molecule has 2 rings (SSSR count). The Morgan fingerprint density at radius 2 is 2.18 bits per heavy atom. The standard InChI is InChI=1S/C13H16O4/c14-12(15)13(6-7-16-9-13)10-17-8-11-4-2-1-3-5-11/h1-5H,6-10H2,(H,14,15). The van der Waals surface area contributed by atoms with Crippen LogP contribution in [0, 0.1) is 5.41 Å². The monoisotopic (exact) mass is 236 g/mol. The van der Waals surface area contributed by atoms with Gasteiger partial charge in [-0.1, -0.05) is 30.3 Å². The molecule has 92 valence electrons. The molecule has 1 heterocycles. The Bertz CT molecular complexity index is 368. The van der Waals surface area contributed by atoms with Crippen LogP contribution in [0.4, 0.5) is 0 Å². The molecule has 0 aromatic heterocycles. The molecule has 4 nitrogen and oxygen atoms in total. The topological polar surface area (TPSA) is 55.8 Å². The Balaban J connectivity index is 1.87. The maximum Gasteiger partial charge on any atom is 0.314 e. The van der Waals surface area contributed by atoms with Gasteiger partial charge in [0.25, 0.3) is 0 Å². The van der Waals surface area contributed by atoms with Gasteiger partial charge in [-0.15, -0.1) is 0 Å². The molecule has 0 spiro atoms. The second-order valence-electron chi connectivity index (χ2n) is 4.37. The van der Waals surface area contributed by atoms with Crippen molar-refractivity contribution in [3.8, 4) is 0 Å². The smallest absolute Gasteiger partial charge is 0.314 e. The zero-order valence-electron chi connectivity index (χ0n) is 9.59. The predicted molar refractivity (Wildman–Crippen MR) is 61.6 cm³/mol. The first kappa shape index (κ1) is 12.1. The summed E-state index contributed by atoms with van der Waals surface area (Å²) >= 11 is 0. The van der Waals surface area contributed by atoms with Crippen LogP contribution >= 0.6 is 0 Å². The second kappa shape index (κ2) is 5.29. The third kappa shape index (κ3) is 2.84. The van der Waals surface area contributed by atoms with E-state index >= 15 is 0 Å². The highest BCUT2D eigenvalue weighted by Crippen LogP contribution is 2.29. The van der Waals surface area contributed by atoms with E-state index in [4.69, 9.17) is 9.47 Å². The minimum absolute atomic E-state index is 0.206. The number of carboxylic acid groups (broad SMARTS) is 1. The van der Waals surface area contributed by atoms with Crippen LogP contribution in [0.3, 0.4) is 0 Å². The molecule has 0 amide bonds. The van der Waals surface area contributed by atoms with E-state index < -0.39 is 11.4 Å². The first-order chi connectivity index (χ1) is 8.23. The van der Waals surface area contributed by atoms with Crippen molar-refractivity contribution in [2.75, 3.05) is 19.8 Å². The van der Waals surface area contributed by atoms with Crippen molar-refractivity contribution < 1.29 is 19.4 Å². The van der Waals surface area contributed by atoms with Gasteiger partial charge in [0, 0.05) is 6.61 Å². The van der Waals surface area contributed by atoms with E-state index in [2.05, 4.69) is 0 Å². The fourth-order valence-corrected chi connectivity index (χ4v) is 1.89. The lowest BCUT2D eigenvalue weighted by atomic mass is 9.89. The van der Waals surface area contributed by atoms with Gasteiger partial charge in [-0.2, -0.15) is 0 Å². The predicted octanol–water partition coefficient (Wildman–Crippen LogP) is 1.69. The van der Waals surface area contributed by atoms with E-state index in [9.17, 15) is 9.90 Å². The molecule has 1 N–H and O–H groups in total. The molecule has 1 aliphatic heterocycles. The second-order valence-corrected chi connectivity index (χ2v) is 4.37. The Kier molecular flexibility index (Phi) is 3.76. The number of benzene rings is 1. The number of hydrogen-bond donors (Lipinski definition) is 1. The number of carboxylic acids is 1. The summed E-state index contributed by atoms with van der Waals surface area (Å²) in [4.78, 5) is 11.2. The van der Waals surface area contributed by atoms with Gasteiger partial charge in [-0.3, -0.25) is 4.79 Å². The number of ether oxygens (including phenoxy) is 2. The van der Waals surface area contributed by atoms with Gasteiger partial charge in [-0.05, 0) is 12.0 Å². The van der Waals surface area contributed by atoms with Gasteiger partial charge in [0.1, 0.15) is 5.41 Å². The van der Waals surface area contributed by atoms with E-state index in [1.807, 2.05) is 30.3 Å². The lowest BCUT2D eigenvalue weighted by Crippen LogP contribution is -2.36. The molecular weight excluding hydrogens is 220 g/mol. The van der Waals surface area contributed by atoms with Crippen LogP contribution in [-0.2, 0) is 20.9 Å². The lowest BCUT2D eigenvalue weighted by molar-refractivity contribution is -0.153. The summed E-state index contributed by atoms with van der Waals surface area (Å²) < 4.78 is 10.7. The molecule has 1 aromatic rings. The average Bonchev–Trinajstić information content (AvgIpc) is 2.80. The summed E-state index contributed by atoms with van der Waals surface area (Å²) in [5, 5.41) is 9.20. The molecule has 1 unspecified atom stereocenters. The van der Waals surface area contributed by atoms with Crippen molar-refractivity contribution >= 4 is 5.97 Å². The van der Waals surface area contributed by atoms with Gasteiger partial charge < -0.3 is 14.6 Å². The summed E-state index contributed by atoms with van der Waals surface area (Å²) in [5.74, 6) is -0.830. The third-order valence-electron chi connectivity index (χ3n) is 3.05. The fraction of sp³-hybridized carbons (Fsp3) is 0.462. The fourth-order valence-electron chi connectivity index (χ4n) is 1.89. The van der Waals surface area contributed by atoms with Crippen LogP contribution in [0.2, 0.25) is 0 Å². The largest absolute Gasteiger partial charge is 0.481 e. The van der Waals surface area contributed by atoms with Crippen LogP contribution in [0.1, 0.15) is 12.0 Å². The molecule has 0 aliphatic carbocycles. The van der Waals surface area contributed by atoms with Crippen LogP contribution < -0.4 is 0 Å². The SMILES string of the molecule is O=C(O)C1(COCc2ccccc2)CCOC1. The number of aliphatic carboxylic acids is 1. The summed E-state index contributed by atoms with van der Waals surface area (Å²) in [6.07, 6.45) is 0.525. The molecule has 17 heavy (non-hydrogen) atoms. The molecule has 4 heteroatoms. The average molecular weight is 236 g/mol. The van der Waals surface area contributed by atoms with Crippen molar-refractivity contribution in [1.29, 1.82) is 0 Å². The first-order valence-electron chi connectivity index (χ1n) is 5.66. The van der Waals surface area contributed by atoms with Crippen molar-refractivity contribution in [1.82, 2.24) is 0 Å². The molecule has 0 bridgehead atoms. The molecule has 0 radical (unpaired) electrons. The molecule has 1 aliphatic rings. The van der Waals surface area contributed by atoms with Crippen molar-refractivity contribution in [3.05, 3.63) is 35.9 Å². The maximum absolute atomic E-state index is 11.2. The molecule has 1 atom stereocenters. The van der Waals surface area contributed by atoms with E-state index in [0.29, 0.717) is 19.6 Å². The summed E-state index contributed by atoms with van der Waals surface area (Å²) in [5.41, 5.74) is 0.196. The summed E-state index contributed by atoms with van der Waals surface area (Å²) in [6.45, 7) is 1.39. The van der Waals surface area contributed by atoms with Gasteiger partial charge in [0.2, 0.25) is 0 Å². The van der Waals surface area contributed by atoms with Crippen LogP contribution in [0.25, 0.3) is 0 Å². The van der Waals surface area contributed by atoms with E-state index in [1.54, 1.807) is 0 Å². The lowest BCUT2D eigenvalue weighted by Gasteiger charge is -2.21. The summed E-state index contributed by atoms with van der Waals surface area (Å²) in [7, 11) is 0. The highest BCUT2D eigenvalue weighted by Gasteiger charge is 2.42. The molecule has 0 saturated carbocycles. The van der Waals surface area contributed by atoms with E-state index in [1.165, 1.54) is 0 Å². The van der Waals surface area contributed by atoms with Crippen LogP contribution in [0.15, 0.2) is 30.3 Å². The number of hydrogen-bond acceptors (Lipinski definition) is 3. The first-order valence-corrected chi connectivity index (χ1v) is 5.66. The Morgan fingerprint density at radius 3 is 2.76 bits per heavy atom. The molecule has 1 aromatic carbocycles. The van der Waals surface area contributed by atoms with Crippen LogP contribution in [0.5, 0.6) is 0 Å². The Morgan fingerprint density at radius 1 is 1.41 bits per heavy atom. The normalized spacial score (nSPS) is 23.8. The zero-order valence-corrected chi connectivity index (χ0v) is 9.59. The van der Waals surface area contributed by atoms with Crippen molar-refractivity contribution in [2.24, 2.45) is 5.41 Å². The van der Waals surface area contributed by atoms with E-state index in [-0.39, 0.29) is 13.2 Å². The zero-order chi connectivity index (χ0) is 12.1. The highest BCUT2D eigenvalue weighted by atomic mass is 16.5. The molecule has 1 saturated heterocycles. The van der Waals surface area contributed by atoms with Crippen molar-refractivity contribution in [2.45, 2.75) is 13.0 Å². The summed E-state index contributed by atoms with van der Waals surface area (Å²) in [6, 6.07) is 9.72. The minimum Gasteiger partial charge on any atom is -0.481 e. The third-order valence-corrected chi connectivity index (χ3v) is 3.05. The van der Waals surface area contributed by atoms with Crippen LogP contribution in [-0.4, -0.2) is 30.9 Å². The minimum atomic E-state index is -0.852. The van der Waals surface area contributed by atoms with Gasteiger partial charge in [0.05, 0.1) is 19.8 Å². The maximum atomic E-state index is 11.2.